The molecule has 0 aromatic heterocycles. The van der Waals surface area contributed by atoms with Gasteiger partial charge >= 0.3 is 12.1 Å². The molecule has 1 saturated heterocycles. The maximum atomic E-state index is 12.2. The predicted molar refractivity (Wildman–Crippen MR) is 36.3 cm³/mol. The molecule has 0 saturated carbocycles. The smallest absolute Gasteiger partial charge is 0.426 e. The van der Waals surface area contributed by atoms with Crippen LogP contribution in [0.1, 0.15) is 6.92 Å². The summed E-state index contributed by atoms with van der Waals surface area (Å²) < 4.78 is 68.9. The number of halogens is 5. The Morgan fingerprint density at radius 3 is 2.33 bits per heavy atom. The lowest BCUT2D eigenvalue weighted by Crippen LogP contribution is -2.43. The van der Waals surface area contributed by atoms with Crippen LogP contribution in [0.3, 0.4) is 0 Å². The fourth-order valence-electron chi connectivity index (χ4n) is 1.11. The summed E-state index contributed by atoms with van der Waals surface area (Å²) in [6.07, 6.45) is -11.4. The molecule has 0 bridgehead atoms. The summed E-state index contributed by atoms with van der Waals surface area (Å²) in [7, 11) is 0. The molecule has 0 spiro atoms. The molecule has 1 heterocycles. The third kappa shape index (κ3) is 1.77. The highest BCUT2D eigenvalue weighted by Crippen LogP contribution is 2.53. The van der Waals surface area contributed by atoms with E-state index in [-0.39, 0.29) is 6.61 Å². The zero-order valence-electron chi connectivity index (χ0n) is 7.48. The van der Waals surface area contributed by atoms with Crippen LogP contribution in [0.2, 0.25) is 0 Å². The Morgan fingerprint density at radius 1 is 1.53 bits per heavy atom. The van der Waals surface area contributed by atoms with E-state index in [0.717, 1.165) is 0 Å². The molecule has 0 amide bonds. The van der Waals surface area contributed by atoms with Crippen molar-refractivity contribution >= 4 is 5.97 Å². The van der Waals surface area contributed by atoms with Gasteiger partial charge in [0, 0.05) is 0 Å². The van der Waals surface area contributed by atoms with Crippen LogP contribution in [0.4, 0.5) is 22.0 Å². The van der Waals surface area contributed by atoms with Gasteiger partial charge in [0.05, 0.1) is 6.61 Å². The van der Waals surface area contributed by atoms with E-state index < -0.39 is 30.3 Å². The summed E-state index contributed by atoms with van der Waals surface area (Å²) in [5, 5.41) is 0. The third-order valence-corrected chi connectivity index (χ3v) is 1.91. The first kappa shape index (κ1) is 12.2. The molecular weight excluding hydrogens is 227 g/mol. The Morgan fingerprint density at radius 2 is 2.07 bits per heavy atom. The minimum Gasteiger partial charge on any atom is -0.464 e. The van der Waals surface area contributed by atoms with E-state index in [1.54, 1.807) is 0 Å². The van der Waals surface area contributed by atoms with Gasteiger partial charge in [0.25, 0.3) is 12.0 Å². The summed E-state index contributed by atoms with van der Waals surface area (Å²) in [6.45, 7) is 1.15. The topological polar surface area (TPSA) is 38.8 Å². The van der Waals surface area contributed by atoms with Crippen LogP contribution in [-0.4, -0.2) is 36.9 Å². The number of rotatable bonds is 3. The lowest BCUT2D eigenvalue weighted by atomic mass is 10.1. The van der Waals surface area contributed by atoms with E-state index in [9.17, 15) is 26.7 Å². The number of esters is 1. The second kappa shape index (κ2) is 3.58. The van der Waals surface area contributed by atoms with Gasteiger partial charge in [-0.1, -0.05) is 0 Å². The number of ether oxygens (including phenoxy) is 2. The van der Waals surface area contributed by atoms with E-state index in [0.29, 0.717) is 0 Å². The van der Waals surface area contributed by atoms with Crippen LogP contribution in [0.15, 0.2) is 0 Å². The van der Waals surface area contributed by atoms with E-state index in [1.165, 1.54) is 6.92 Å². The first-order chi connectivity index (χ1) is 6.77. The van der Waals surface area contributed by atoms with Crippen molar-refractivity contribution in [2.45, 2.75) is 31.2 Å². The molecule has 2 atom stereocenters. The molecule has 1 aliphatic rings. The number of epoxide rings is 1. The molecule has 8 heteroatoms. The standard InChI is InChI=1S/C7H7F5O3/c1-2-14-4(13)3-6(15-3,5(8)9)7(10,11)12/h3,5H,2H2,1H3. The second-order valence-corrected chi connectivity index (χ2v) is 2.84. The molecule has 1 rings (SSSR count). The molecular formula is C7H7F5O3. The average Bonchev–Trinajstić information content (AvgIpc) is 2.78. The number of hydrogen-bond acceptors (Lipinski definition) is 3. The molecule has 3 nitrogen and oxygen atoms in total. The highest BCUT2D eigenvalue weighted by molar-refractivity contribution is 5.79. The average molecular weight is 234 g/mol. The van der Waals surface area contributed by atoms with Gasteiger partial charge in [0.1, 0.15) is 0 Å². The van der Waals surface area contributed by atoms with Crippen molar-refractivity contribution < 1.29 is 36.2 Å². The lowest BCUT2D eigenvalue weighted by Gasteiger charge is -2.15. The molecule has 0 N–H and O–H groups in total. The highest BCUT2D eigenvalue weighted by atomic mass is 19.4. The van der Waals surface area contributed by atoms with E-state index in [1.807, 2.05) is 0 Å². The second-order valence-electron chi connectivity index (χ2n) is 2.84. The highest BCUT2D eigenvalue weighted by Gasteiger charge is 2.82. The van der Waals surface area contributed by atoms with Crippen molar-refractivity contribution in [3.63, 3.8) is 0 Å². The molecule has 0 aromatic rings. The number of alkyl halides is 5. The van der Waals surface area contributed by atoms with E-state index in [2.05, 4.69) is 9.47 Å². The minimum absolute atomic E-state index is 0.199. The Balaban J connectivity index is 2.80. The van der Waals surface area contributed by atoms with Crippen molar-refractivity contribution in [1.82, 2.24) is 0 Å². The van der Waals surface area contributed by atoms with Crippen LogP contribution in [0.5, 0.6) is 0 Å². The van der Waals surface area contributed by atoms with E-state index in [4.69, 9.17) is 0 Å². The zero-order chi connectivity index (χ0) is 11.9. The van der Waals surface area contributed by atoms with Gasteiger partial charge in [-0.15, -0.1) is 0 Å². The Labute approximate surface area is 81.1 Å². The van der Waals surface area contributed by atoms with Crippen molar-refractivity contribution in [3.05, 3.63) is 0 Å². The summed E-state index contributed by atoms with van der Waals surface area (Å²) in [5.74, 6) is -1.42. The Kier molecular flexibility index (Phi) is 2.90. The van der Waals surface area contributed by atoms with Gasteiger partial charge in [-0.25, -0.2) is 13.6 Å². The van der Waals surface area contributed by atoms with Gasteiger partial charge in [0.15, 0.2) is 6.10 Å². The van der Waals surface area contributed by atoms with Crippen LogP contribution in [-0.2, 0) is 14.3 Å². The summed E-state index contributed by atoms with van der Waals surface area (Å²) in [5.41, 5.74) is -3.68. The largest absolute Gasteiger partial charge is 0.464 e. The van der Waals surface area contributed by atoms with Crippen LogP contribution >= 0.6 is 0 Å². The van der Waals surface area contributed by atoms with E-state index >= 15 is 0 Å². The summed E-state index contributed by atoms with van der Waals surface area (Å²) >= 11 is 0. The molecule has 1 fully saturated rings. The first-order valence-electron chi connectivity index (χ1n) is 3.96. The monoisotopic (exact) mass is 234 g/mol. The van der Waals surface area contributed by atoms with Crippen LogP contribution in [0.25, 0.3) is 0 Å². The summed E-state index contributed by atoms with van der Waals surface area (Å²) in [4.78, 5) is 10.8. The van der Waals surface area contributed by atoms with Gasteiger partial charge < -0.3 is 9.47 Å². The summed E-state index contributed by atoms with van der Waals surface area (Å²) in [6, 6.07) is 0. The fourth-order valence-corrected chi connectivity index (χ4v) is 1.11. The molecule has 88 valence electrons. The van der Waals surface area contributed by atoms with Crippen molar-refractivity contribution in [2.75, 3.05) is 6.61 Å². The molecule has 0 radical (unpaired) electrons. The Bertz CT molecular complexity index is 264. The van der Waals surface area contributed by atoms with Gasteiger partial charge in [-0.05, 0) is 6.92 Å². The van der Waals surface area contributed by atoms with Gasteiger partial charge in [-0.2, -0.15) is 13.2 Å². The van der Waals surface area contributed by atoms with Crippen LogP contribution < -0.4 is 0 Å². The SMILES string of the molecule is CCOC(=O)C1OC1(C(F)F)C(F)(F)F. The molecule has 1 aliphatic heterocycles. The quantitative estimate of drug-likeness (QED) is 0.422. The van der Waals surface area contributed by atoms with Crippen LogP contribution in [0, 0.1) is 0 Å². The molecule has 2 unspecified atom stereocenters. The maximum Gasteiger partial charge on any atom is 0.426 e. The van der Waals surface area contributed by atoms with Crippen molar-refractivity contribution in [2.24, 2.45) is 0 Å². The lowest BCUT2D eigenvalue weighted by molar-refractivity contribution is -0.217. The zero-order valence-corrected chi connectivity index (χ0v) is 7.48. The van der Waals surface area contributed by atoms with Gasteiger partial charge in [0.2, 0.25) is 0 Å². The van der Waals surface area contributed by atoms with Gasteiger partial charge in [-0.3, -0.25) is 0 Å². The van der Waals surface area contributed by atoms with Crippen molar-refractivity contribution in [3.8, 4) is 0 Å². The maximum absolute atomic E-state index is 12.2. The molecule has 0 aliphatic carbocycles. The first-order valence-corrected chi connectivity index (χ1v) is 3.96. The minimum atomic E-state index is -5.29. The fraction of sp³-hybridized carbons (Fsp3) is 0.857. The third-order valence-electron chi connectivity index (χ3n) is 1.91. The van der Waals surface area contributed by atoms with Crippen molar-refractivity contribution in [1.29, 1.82) is 0 Å². The molecule has 0 aromatic carbocycles. The number of hydrogen-bond donors (Lipinski definition) is 0. The number of carbonyl (C=O) groups excluding carboxylic acids is 1. The number of carbonyl (C=O) groups is 1. The Hall–Kier alpha value is -0.920. The normalized spacial score (nSPS) is 30.5. The molecule has 15 heavy (non-hydrogen) atoms. The predicted octanol–water partition coefficient (Wildman–Crippen LogP) is 1.51.